The van der Waals surface area contributed by atoms with Crippen molar-refractivity contribution in [1.82, 2.24) is 9.80 Å². The molecule has 0 bridgehead atoms. The number of unbranched alkanes of at least 4 members (excludes halogenated alkanes) is 1. The second kappa shape index (κ2) is 7.12. The van der Waals surface area contributed by atoms with E-state index in [1.54, 1.807) is 0 Å². The topological polar surface area (TPSA) is 23.6 Å². The summed E-state index contributed by atoms with van der Waals surface area (Å²) in [5, 5.41) is 0. The highest BCUT2D eigenvalue weighted by molar-refractivity contribution is 5.81. The van der Waals surface area contributed by atoms with Crippen molar-refractivity contribution < 1.29 is 4.79 Å². The molecule has 1 aliphatic heterocycles. The molecule has 3 nitrogen and oxygen atoms in total. The Kier molecular flexibility index (Phi) is 6.14. The van der Waals surface area contributed by atoms with E-state index in [0.717, 1.165) is 26.1 Å². The predicted molar refractivity (Wildman–Crippen MR) is 72.2 cm³/mol. The number of carbonyl (C=O) groups is 1. The van der Waals surface area contributed by atoms with Gasteiger partial charge < -0.3 is 9.80 Å². The fourth-order valence-electron chi connectivity index (χ4n) is 2.25. The Balaban J connectivity index is 2.09. The molecule has 0 aromatic carbocycles. The molecule has 0 aromatic rings. The molecule has 1 rings (SSSR count). The molecule has 0 spiro atoms. The van der Waals surface area contributed by atoms with Crippen LogP contribution in [0.4, 0.5) is 0 Å². The summed E-state index contributed by atoms with van der Waals surface area (Å²) in [6, 6.07) is 0.641. The molecule has 0 saturated carbocycles. The normalized spacial score (nSPS) is 22.7. The van der Waals surface area contributed by atoms with Gasteiger partial charge in [-0.2, -0.15) is 0 Å². The summed E-state index contributed by atoms with van der Waals surface area (Å²) >= 11 is 0. The van der Waals surface area contributed by atoms with E-state index in [2.05, 4.69) is 37.6 Å². The predicted octanol–water partition coefficient (Wildman–Crippen LogP) is 2.02. The van der Waals surface area contributed by atoms with E-state index in [1.807, 2.05) is 0 Å². The number of Topliss-reactive ketones (excluding diaryl/α,β-unsaturated/α-hetero) is 1. The van der Waals surface area contributed by atoms with Crippen molar-refractivity contribution in [2.45, 2.75) is 46.1 Å². The first-order valence-electron chi connectivity index (χ1n) is 6.96. The van der Waals surface area contributed by atoms with Gasteiger partial charge in [-0.05, 0) is 46.8 Å². The fourth-order valence-corrected chi connectivity index (χ4v) is 2.25. The van der Waals surface area contributed by atoms with E-state index in [0.29, 0.717) is 11.8 Å². The summed E-state index contributed by atoms with van der Waals surface area (Å²) in [6.45, 7) is 10.8. The lowest BCUT2D eigenvalue weighted by atomic mass is 9.98. The first-order valence-corrected chi connectivity index (χ1v) is 6.96. The molecule has 0 N–H and O–H groups in total. The van der Waals surface area contributed by atoms with Crippen molar-refractivity contribution in [2.24, 2.45) is 5.92 Å². The van der Waals surface area contributed by atoms with Crippen molar-refractivity contribution in [1.29, 1.82) is 0 Å². The fraction of sp³-hybridized carbons (Fsp3) is 0.929. The number of ketones is 1. The van der Waals surface area contributed by atoms with Crippen molar-refractivity contribution in [3.8, 4) is 0 Å². The van der Waals surface area contributed by atoms with Gasteiger partial charge in [0.05, 0.1) is 0 Å². The first-order chi connectivity index (χ1) is 8.00. The summed E-state index contributed by atoms with van der Waals surface area (Å²) in [5.41, 5.74) is 0. The molecule has 1 aliphatic rings. The van der Waals surface area contributed by atoms with E-state index in [4.69, 9.17) is 0 Å². The lowest BCUT2D eigenvalue weighted by Crippen LogP contribution is -2.40. The van der Waals surface area contributed by atoms with Crippen LogP contribution in [0, 0.1) is 5.92 Å². The molecule has 1 saturated heterocycles. The standard InChI is InChI=1S/C14H28N2O/c1-12(2)15(4)8-5-6-9-16-10-7-14(17)13(3)11-16/h12-13H,5-11H2,1-4H3. The van der Waals surface area contributed by atoms with Crippen LogP contribution >= 0.6 is 0 Å². The molecule has 0 aliphatic carbocycles. The molecule has 3 heteroatoms. The molecular formula is C14H28N2O. The van der Waals surface area contributed by atoms with Crippen molar-refractivity contribution >= 4 is 5.78 Å². The average Bonchev–Trinajstić information content (AvgIpc) is 2.28. The van der Waals surface area contributed by atoms with E-state index < -0.39 is 0 Å². The molecule has 0 amide bonds. The summed E-state index contributed by atoms with van der Waals surface area (Å²) in [4.78, 5) is 16.2. The van der Waals surface area contributed by atoms with Gasteiger partial charge in [-0.3, -0.25) is 4.79 Å². The largest absolute Gasteiger partial charge is 0.304 e. The summed E-state index contributed by atoms with van der Waals surface area (Å²) < 4.78 is 0. The van der Waals surface area contributed by atoms with Gasteiger partial charge in [0.15, 0.2) is 0 Å². The number of nitrogens with zero attached hydrogens (tertiary/aromatic N) is 2. The lowest BCUT2D eigenvalue weighted by Gasteiger charge is -2.30. The van der Waals surface area contributed by atoms with Gasteiger partial charge in [0, 0.05) is 31.5 Å². The van der Waals surface area contributed by atoms with E-state index in [9.17, 15) is 4.79 Å². The molecule has 0 radical (unpaired) electrons. The molecule has 1 atom stereocenters. The maximum absolute atomic E-state index is 11.4. The Bertz CT molecular complexity index is 240. The van der Waals surface area contributed by atoms with Gasteiger partial charge in [-0.25, -0.2) is 0 Å². The first kappa shape index (κ1) is 14.7. The minimum Gasteiger partial charge on any atom is -0.304 e. The Morgan fingerprint density at radius 3 is 2.71 bits per heavy atom. The van der Waals surface area contributed by atoms with Crippen LogP contribution in [0.2, 0.25) is 0 Å². The summed E-state index contributed by atoms with van der Waals surface area (Å²) in [6.07, 6.45) is 3.26. The smallest absolute Gasteiger partial charge is 0.138 e. The molecule has 1 fully saturated rings. The van der Waals surface area contributed by atoms with Crippen LogP contribution in [-0.4, -0.2) is 54.9 Å². The van der Waals surface area contributed by atoms with Crippen LogP contribution in [0.15, 0.2) is 0 Å². The third kappa shape index (κ3) is 5.17. The number of piperidine rings is 1. The lowest BCUT2D eigenvalue weighted by molar-refractivity contribution is -0.125. The van der Waals surface area contributed by atoms with Crippen molar-refractivity contribution in [3.63, 3.8) is 0 Å². The number of hydrogen-bond acceptors (Lipinski definition) is 3. The number of likely N-dealkylation sites (tertiary alicyclic amines) is 1. The Morgan fingerprint density at radius 1 is 1.41 bits per heavy atom. The Hall–Kier alpha value is -0.410. The zero-order valence-electron chi connectivity index (χ0n) is 11.9. The second-order valence-corrected chi connectivity index (χ2v) is 5.70. The molecule has 1 unspecified atom stereocenters. The number of hydrogen-bond donors (Lipinski definition) is 0. The molecule has 17 heavy (non-hydrogen) atoms. The summed E-state index contributed by atoms with van der Waals surface area (Å²) in [7, 11) is 2.19. The van der Waals surface area contributed by atoms with E-state index >= 15 is 0 Å². The second-order valence-electron chi connectivity index (χ2n) is 5.70. The van der Waals surface area contributed by atoms with Gasteiger partial charge in [0.1, 0.15) is 5.78 Å². The van der Waals surface area contributed by atoms with Crippen LogP contribution in [0.5, 0.6) is 0 Å². The highest BCUT2D eigenvalue weighted by Crippen LogP contribution is 2.12. The SMILES string of the molecule is CC1CN(CCCCN(C)C(C)C)CCC1=O. The quantitative estimate of drug-likeness (QED) is 0.664. The van der Waals surface area contributed by atoms with Gasteiger partial charge in [-0.1, -0.05) is 6.92 Å². The third-order valence-corrected chi connectivity index (χ3v) is 3.87. The molecule has 1 heterocycles. The van der Waals surface area contributed by atoms with E-state index in [-0.39, 0.29) is 5.92 Å². The Morgan fingerprint density at radius 2 is 2.12 bits per heavy atom. The van der Waals surface area contributed by atoms with Crippen LogP contribution in [-0.2, 0) is 4.79 Å². The minimum absolute atomic E-state index is 0.252. The van der Waals surface area contributed by atoms with Gasteiger partial charge in [0.2, 0.25) is 0 Å². The minimum atomic E-state index is 0.252. The molecular weight excluding hydrogens is 212 g/mol. The highest BCUT2D eigenvalue weighted by atomic mass is 16.1. The zero-order chi connectivity index (χ0) is 12.8. The Labute approximate surface area is 106 Å². The van der Waals surface area contributed by atoms with Crippen molar-refractivity contribution in [3.05, 3.63) is 0 Å². The van der Waals surface area contributed by atoms with Gasteiger partial charge in [0.25, 0.3) is 0 Å². The molecule has 0 aromatic heterocycles. The average molecular weight is 240 g/mol. The van der Waals surface area contributed by atoms with Crippen LogP contribution in [0.1, 0.15) is 40.0 Å². The summed E-state index contributed by atoms with van der Waals surface area (Å²) in [5.74, 6) is 0.697. The maximum atomic E-state index is 11.4. The van der Waals surface area contributed by atoms with Gasteiger partial charge in [-0.15, -0.1) is 0 Å². The number of carbonyl (C=O) groups excluding carboxylic acids is 1. The van der Waals surface area contributed by atoms with Crippen LogP contribution < -0.4 is 0 Å². The monoisotopic (exact) mass is 240 g/mol. The molecule has 100 valence electrons. The van der Waals surface area contributed by atoms with Crippen molar-refractivity contribution in [2.75, 3.05) is 33.2 Å². The van der Waals surface area contributed by atoms with Crippen LogP contribution in [0.25, 0.3) is 0 Å². The number of rotatable bonds is 6. The highest BCUT2D eigenvalue weighted by Gasteiger charge is 2.22. The van der Waals surface area contributed by atoms with E-state index in [1.165, 1.54) is 19.4 Å². The maximum Gasteiger partial charge on any atom is 0.138 e. The third-order valence-electron chi connectivity index (χ3n) is 3.87. The zero-order valence-corrected chi connectivity index (χ0v) is 11.9. The van der Waals surface area contributed by atoms with Gasteiger partial charge >= 0.3 is 0 Å². The van der Waals surface area contributed by atoms with Crippen LogP contribution in [0.3, 0.4) is 0 Å².